The van der Waals surface area contributed by atoms with Crippen molar-refractivity contribution >= 4 is 0 Å². The lowest BCUT2D eigenvalue weighted by Crippen LogP contribution is -2.10. The molecular formula is C12H18N2. The molecule has 0 bridgehead atoms. The van der Waals surface area contributed by atoms with E-state index < -0.39 is 0 Å². The summed E-state index contributed by atoms with van der Waals surface area (Å²) in [7, 11) is 0. The Kier molecular flexibility index (Phi) is 3.84. The fraction of sp³-hybridized carbons (Fsp3) is 0.417. The van der Waals surface area contributed by atoms with E-state index in [1.54, 1.807) is 0 Å². The van der Waals surface area contributed by atoms with Gasteiger partial charge in [0.25, 0.3) is 0 Å². The maximum absolute atomic E-state index is 6.04. The maximum Gasteiger partial charge on any atom is 0.0379 e. The highest BCUT2D eigenvalue weighted by molar-refractivity contribution is 5.23. The monoisotopic (exact) mass is 190 g/mol. The van der Waals surface area contributed by atoms with Crippen LogP contribution in [0.5, 0.6) is 0 Å². The first-order chi connectivity index (χ1) is 6.63. The van der Waals surface area contributed by atoms with Gasteiger partial charge in [-0.05, 0) is 44.4 Å². The molecule has 0 aromatic carbocycles. The van der Waals surface area contributed by atoms with Gasteiger partial charge < -0.3 is 5.73 Å². The largest absolute Gasteiger partial charge is 0.324 e. The first-order valence-electron chi connectivity index (χ1n) is 4.95. The Balaban J connectivity index is 2.78. The maximum atomic E-state index is 6.04. The molecule has 0 aliphatic rings. The third-order valence-electron chi connectivity index (χ3n) is 2.21. The molecule has 1 atom stereocenters. The highest BCUT2D eigenvalue weighted by Crippen LogP contribution is 2.17. The molecular weight excluding hydrogens is 172 g/mol. The van der Waals surface area contributed by atoms with Crippen LogP contribution in [0, 0.1) is 13.8 Å². The summed E-state index contributed by atoms with van der Waals surface area (Å²) in [6.45, 7) is 7.69. The van der Waals surface area contributed by atoms with Crippen LogP contribution in [0.25, 0.3) is 0 Å². The molecule has 0 saturated carbocycles. The van der Waals surface area contributed by atoms with Crippen LogP contribution < -0.4 is 5.73 Å². The Morgan fingerprint density at radius 3 is 2.50 bits per heavy atom. The molecule has 1 aromatic heterocycles. The third-order valence-corrected chi connectivity index (χ3v) is 2.21. The van der Waals surface area contributed by atoms with Crippen LogP contribution in [0.3, 0.4) is 0 Å². The van der Waals surface area contributed by atoms with Gasteiger partial charge in [-0.3, -0.25) is 4.98 Å². The van der Waals surface area contributed by atoms with Crippen molar-refractivity contribution in [3.05, 3.63) is 41.7 Å². The van der Waals surface area contributed by atoms with Crippen LogP contribution in [-0.2, 0) is 0 Å². The minimum Gasteiger partial charge on any atom is -0.324 e. The van der Waals surface area contributed by atoms with Crippen LogP contribution in [0.1, 0.15) is 35.8 Å². The van der Waals surface area contributed by atoms with Crippen molar-refractivity contribution in [2.24, 2.45) is 5.73 Å². The molecule has 0 amide bonds. The standard InChI is InChI=1S/C12H18N2/c1-4-5-6-12(13)11-7-9(2)14-10(3)8-11/h4,7-8,12H,1,5-6,13H2,2-3H3. The van der Waals surface area contributed by atoms with E-state index in [0.717, 1.165) is 24.2 Å². The smallest absolute Gasteiger partial charge is 0.0379 e. The molecule has 0 radical (unpaired) electrons. The van der Waals surface area contributed by atoms with Crippen molar-refractivity contribution in [3.8, 4) is 0 Å². The molecule has 1 rings (SSSR count). The Hall–Kier alpha value is -1.15. The number of hydrogen-bond acceptors (Lipinski definition) is 2. The van der Waals surface area contributed by atoms with Gasteiger partial charge >= 0.3 is 0 Å². The minimum absolute atomic E-state index is 0.105. The summed E-state index contributed by atoms with van der Waals surface area (Å²) in [5.74, 6) is 0. The highest BCUT2D eigenvalue weighted by Gasteiger charge is 2.06. The van der Waals surface area contributed by atoms with Crippen molar-refractivity contribution in [2.75, 3.05) is 0 Å². The van der Waals surface area contributed by atoms with E-state index >= 15 is 0 Å². The molecule has 2 nitrogen and oxygen atoms in total. The van der Waals surface area contributed by atoms with Crippen LogP contribution in [-0.4, -0.2) is 4.98 Å². The van der Waals surface area contributed by atoms with Crippen molar-refractivity contribution in [3.63, 3.8) is 0 Å². The van der Waals surface area contributed by atoms with Gasteiger partial charge in [-0.1, -0.05) is 6.08 Å². The number of nitrogens with zero attached hydrogens (tertiary/aromatic N) is 1. The first-order valence-corrected chi connectivity index (χ1v) is 4.95. The van der Waals surface area contributed by atoms with Gasteiger partial charge in [0.1, 0.15) is 0 Å². The summed E-state index contributed by atoms with van der Waals surface area (Å²) in [4.78, 5) is 4.32. The summed E-state index contributed by atoms with van der Waals surface area (Å²) < 4.78 is 0. The molecule has 2 N–H and O–H groups in total. The average Bonchev–Trinajstić information content (AvgIpc) is 2.12. The van der Waals surface area contributed by atoms with E-state index in [9.17, 15) is 0 Å². The van der Waals surface area contributed by atoms with E-state index in [4.69, 9.17) is 5.73 Å². The lowest BCUT2D eigenvalue weighted by atomic mass is 10.0. The van der Waals surface area contributed by atoms with E-state index in [1.807, 2.05) is 19.9 Å². The number of aryl methyl sites for hydroxylation is 2. The molecule has 0 aliphatic heterocycles. The lowest BCUT2D eigenvalue weighted by Gasteiger charge is -2.12. The van der Waals surface area contributed by atoms with Gasteiger partial charge in [0.2, 0.25) is 0 Å². The number of nitrogens with two attached hydrogens (primary N) is 1. The number of allylic oxidation sites excluding steroid dienone is 1. The summed E-state index contributed by atoms with van der Waals surface area (Å²) in [5.41, 5.74) is 9.29. The van der Waals surface area contributed by atoms with Crippen molar-refractivity contribution < 1.29 is 0 Å². The molecule has 76 valence electrons. The SMILES string of the molecule is C=CCCC(N)c1cc(C)nc(C)c1. The molecule has 0 aliphatic carbocycles. The Morgan fingerprint density at radius 2 is 2.00 bits per heavy atom. The molecule has 1 aromatic rings. The molecule has 14 heavy (non-hydrogen) atoms. The first kappa shape index (κ1) is 10.9. The fourth-order valence-electron chi connectivity index (χ4n) is 1.54. The molecule has 0 fully saturated rings. The fourth-order valence-corrected chi connectivity index (χ4v) is 1.54. The van der Waals surface area contributed by atoms with Crippen LogP contribution in [0.2, 0.25) is 0 Å². The Morgan fingerprint density at radius 1 is 1.43 bits per heavy atom. The molecule has 1 heterocycles. The van der Waals surface area contributed by atoms with Crippen molar-refractivity contribution in [2.45, 2.75) is 32.7 Å². The Labute approximate surface area is 85.9 Å². The van der Waals surface area contributed by atoms with Crippen molar-refractivity contribution in [1.29, 1.82) is 0 Å². The van der Waals surface area contributed by atoms with Gasteiger partial charge in [-0.15, -0.1) is 6.58 Å². The topological polar surface area (TPSA) is 38.9 Å². The van der Waals surface area contributed by atoms with E-state index in [2.05, 4.69) is 23.7 Å². The second-order valence-corrected chi connectivity index (χ2v) is 3.66. The highest BCUT2D eigenvalue weighted by atomic mass is 14.7. The van der Waals surface area contributed by atoms with Gasteiger partial charge in [0.15, 0.2) is 0 Å². The van der Waals surface area contributed by atoms with E-state index in [-0.39, 0.29) is 6.04 Å². The van der Waals surface area contributed by atoms with Crippen LogP contribution in [0.4, 0.5) is 0 Å². The molecule has 2 heteroatoms. The predicted molar refractivity (Wildman–Crippen MR) is 60.1 cm³/mol. The summed E-state index contributed by atoms with van der Waals surface area (Å²) in [6, 6.07) is 4.22. The quantitative estimate of drug-likeness (QED) is 0.741. The van der Waals surface area contributed by atoms with Gasteiger partial charge in [0.05, 0.1) is 0 Å². The van der Waals surface area contributed by atoms with Gasteiger partial charge in [-0.2, -0.15) is 0 Å². The summed E-state index contributed by atoms with van der Waals surface area (Å²) >= 11 is 0. The summed E-state index contributed by atoms with van der Waals surface area (Å²) in [6.07, 6.45) is 3.81. The molecule has 0 spiro atoms. The number of pyridine rings is 1. The van der Waals surface area contributed by atoms with Crippen LogP contribution in [0.15, 0.2) is 24.8 Å². The van der Waals surface area contributed by atoms with Gasteiger partial charge in [-0.25, -0.2) is 0 Å². The predicted octanol–water partition coefficient (Wildman–Crippen LogP) is 2.66. The number of aromatic nitrogens is 1. The summed E-state index contributed by atoms with van der Waals surface area (Å²) in [5, 5.41) is 0. The molecule has 1 unspecified atom stereocenters. The zero-order valence-corrected chi connectivity index (χ0v) is 8.96. The minimum atomic E-state index is 0.105. The Bertz CT molecular complexity index is 298. The zero-order valence-electron chi connectivity index (χ0n) is 8.96. The number of hydrogen-bond donors (Lipinski definition) is 1. The second kappa shape index (κ2) is 4.91. The van der Waals surface area contributed by atoms with Gasteiger partial charge in [0, 0.05) is 17.4 Å². The average molecular weight is 190 g/mol. The van der Waals surface area contributed by atoms with E-state index in [0.29, 0.717) is 0 Å². The van der Waals surface area contributed by atoms with E-state index in [1.165, 1.54) is 5.56 Å². The van der Waals surface area contributed by atoms with Crippen LogP contribution >= 0.6 is 0 Å². The van der Waals surface area contributed by atoms with Crippen molar-refractivity contribution in [1.82, 2.24) is 4.98 Å². The normalized spacial score (nSPS) is 12.5. The zero-order chi connectivity index (χ0) is 10.6. The lowest BCUT2D eigenvalue weighted by molar-refractivity contribution is 0.658. The number of rotatable bonds is 4. The third kappa shape index (κ3) is 2.96. The molecule has 0 saturated heterocycles. The second-order valence-electron chi connectivity index (χ2n) is 3.66.